The summed E-state index contributed by atoms with van der Waals surface area (Å²) in [5.74, 6) is -0.186. The van der Waals surface area contributed by atoms with Crippen LogP contribution in [0.4, 0.5) is 5.69 Å². The number of hydrogen-bond donors (Lipinski definition) is 0. The zero-order chi connectivity index (χ0) is 14.1. The number of ketones is 1. The number of para-hydroxylation sites is 1. The lowest BCUT2D eigenvalue weighted by molar-refractivity contribution is -0.119. The molecule has 1 fully saturated rings. The largest absolute Gasteiger partial charge is 0.465 e. The topological polar surface area (TPSA) is 51.5 Å². The van der Waals surface area contributed by atoms with E-state index in [9.17, 15) is 9.59 Å². The van der Waals surface area contributed by atoms with E-state index in [1.54, 1.807) is 12.1 Å². The van der Waals surface area contributed by atoms with Gasteiger partial charge < -0.3 is 14.2 Å². The van der Waals surface area contributed by atoms with E-state index < -0.39 is 0 Å². The van der Waals surface area contributed by atoms with Gasteiger partial charge in [-0.2, -0.15) is 0 Å². The second-order valence-corrected chi connectivity index (χ2v) is 4.65. The Morgan fingerprint density at radius 1 is 1.15 bits per heavy atom. The number of esters is 1. The second-order valence-electron chi connectivity index (χ2n) is 4.65. The highest BCUT2D eigenvalue weighted by Crippen LogP contribution is 2.30. The molecule has 2 aromatic rings. The van der Waals surface area contributed by atoms with Crippen molar-refractivity contribution in [3.05, 3.63) is 48.3 Å². The summed E-state index contributed by atoms with van der Waals surface area (Å²) in [5, 5.41) is 0. The Morgan fingerprint density at radius 2 is 1.85 bits per heavy atom. The van der Waals surface area contributed by atoms with Crippen LogP contribution in [0, 0.1) is 0 Å². The molecule has 0 saturated carbocycles. The summed E-state index contributed by atoms with van der Waals surface area (Å²) < 4.78 is 6.71. The van der Waals surface area contributed by atoms with Crippen molar-refractivity contribution in [3.63, 3.8) is 0 Å². The summed E-state index contributed by atoms with van der Waals surface area (Å²) in [7, 11) is 1.36. The van der Waals surface area contributed by atoms with E-state index >= 15 is 0 Å². The van der Waals surface area contributed by atoms with Crippen LogP contribution in [0.1, 0.15) is 10.4 Å². The van der Waals surface area contributed by atoms with Gasteiger partial charge in [-0.25, -0.2) is 4.79 Å². The SMILES string of the molecule is COC(=O)c1cccc(N2CC(=O)C2)c1-n1cccc1. The number of Topliss-reactive ketones (excluding diaryl/α,β-unsaturated/α-hetero) is 1. The maximum Gasteiger partial charge on any atom is 0.340 e. The summed E-state index contributed by atoms with van der Waals surface area (Å²) in [4.78, 5) is 25.1. The summed E-state index contributed by atoms with van der Waals surface area (Å²) in [6.07, 6.45) is 3.74. The molecule has 1 aromatic heterocycles. The number of benzene rings is 1. The van der Waals surface area contributed by atoms with E-state index in [0.29, 0.717) is 18.7 Å². The van der Waals surface area contributed by atoms with Crippen LogP contribution in [0.3, 0.4) is 0 Å². The van der Waals surface area contributed by atoms with Gasteiger partial charge >= 0.3 is 5.97 Å². The van der Waals surface area contributed by atoms with Crippen molar-refractivity contribution in [3.8, 4) is 5.69 Å². The first kappa shape index (κ1) is 12.5. The highest BCUT2D eigenvalue weighted by molar-refractivity contribution is 6.00. The molecule has 1 saturated heterocycles. The molecule has 1 aliphatic rings. The summed E-state index contributed by atoms with van der Waals surface area (Å²) in [6, 6.07) is 9.22. The number of methoxy groups -OCH3 is 1. The molecule has 20 heavy (non-hydrogen) atoms. The lowest BCUT2D eigenvalue weighted by atomic mass is 10.1. The van der Waals surface area contributed by atoms with Crippen LogP contribution in [0.25, 0.3) is 5.69 Å². The maximum atomic E-state index is 12.0. The van der Waals surface area contributed by atoms with Crippen LogP contribution >= 0.6 is 0 Å². The molecule has 2 heterocycles. The van der Waals surface area contributed by atoms with Crippen molar-refractivity contribution in [2.24, 2.45) is 0 Å². The number of aromatic nitrogens is 1. The van der Waals surface area contributed by atoms with Crippen LogP contribution in [-0.2, 0) is 9.53 Å². The van der Waals surface area contributed by atoms with Gasteiger partial charge in [0.15, 0.2) is 5.78 Å². The predicted molar refractivity (Wildman–Crippen MR) is 74.3 cm³/mol. The first-order valence-electron chi connectivity index (χ1n) is 6.32. The molecule has 0 radical (unpaired) electrons. The average Bonchev–Trinajstić information content (AvgIpc) is 2.96. The number of carbonyl (C=O) groups excluding carboxylic acids is 2. The fourth-order valence-corrected chi connectivity index (χ4v) is 2.37. The van der Waals surface area contributed by atoms with Gasteiger partial charge in [-0.3, -0.25) is 4.79 Å². The Morgan fingerprint density at radius 3 is 2.45 bits per heavy atom. The van der Waals surface area contributed by atoms with Crippen LogP contribution < -0.4 is 4.90 Å². The quantitative estimate of drug-likeness (QED) is 0.796. The summed E-state index contributed by atoms with van der Waals surface area (Å²) in [5.41, 5.74) is 2.10. The van der Waals surface area contributed by atoms with Gasteiger partial charge in [0.25, 0.3) is 0 Å². The zero-order valence-corrected chi connectivity index (χ0v) is 11.1. The number of ether oxygens (including phenoxy) is 1. The van der Waals surface area contributed by atoms with Gasteiger partial charge in [0.05, 0.1) is 37.1 Å². The molecule has 0 amide bonds. The predicted octanol–water partition coefficient (Wildman–Crippen LogP) is 1.65. The Kier molecular flexibility index (Phi) is 3.02. The molecule has 1 aromatic carbocycles. The van der Waals surface area contributed by atoms with E-state index in [4.69, 9.17) is 4.74 Å². The van der Waals surface area contributed by atoms with Crippen LogP contribution in [0.15, 0.2) is 42.7 Å². The van der Waals surface area contributed by atoms with E-state index in [2.05, 4.69) is 0 Å². The molecule has 5 nitrogen and oxygen atoms in total. The molecule has 3 rings (SSSR count). The third-order valence-electron chi connectivity index (χ3n) is 3.36. The normalized spacial score (nSPS) is 14.1. The highest BCUT2D eigenvalue weighted by Gasteiger charge is 2.28. The van der Waals surface area contributed by atoms with Gasteiger partial charge in [0, 0.05) is 12.4 Å². The number of anilines is 1. The van der Waals surface area contributed by atoms with E-state index in [1.165, 1.54) is 7.11 Å². The van der Waals surface area contributed by atoms with E-state index in [0.717, 1.165) is 11.4 Å². The minimum Gasteiger partial charge on any atom is -0.465 e. The van der Waals surface area contributed by atoms with Gasteiger partial charge in [0.2, 0.25) is 0 Å². The van der Waals surface area contributed by atoms with Gasteiger partial charge in [-0.1, -0.05) is 6.07 Å². The van der Waals surface area contributed by atoms with Gasteiger partial charge in [-0.05, 0) is 24.3 Å². The summed E-state index contributed by atoms with van der Waals surface area (Å²) >= 11 is 0. The second kappa shape index (κ2) is 4.85. The molecule has 0 atom stereocenters. The first-order chi connectivity index (χ1) is 9.70. The molecule has 102 valence electrons. The van der Waals surface area contributed by atoms with Crippen molar-refractivity contribution < 1.29 is 14.3 Å². The molecular formula is C15H14N2O3. The van der Waals surface area contributed by atoms with Crippen molar-refractivity contribution in [2.75, 3.05) is 25.1 Å². The third-order valence-corrected chi connectivity index (χ3v) is 3.36. The molecule has 0 bridgehead atoms. The van der Waals surface area contributed by atoms with Gasteiger partial charge in [-0.15, -0.1) is 0 Å². The van der Waals surface area contributed by atoms with Crippen molar-refractivity contribution >= 4 is 17.4 Å². The first-order valence-corrected chi connectivity index (χ1v) is 6.32. The minimum absolute atomic E-state index is 0.201. The van der Waals surface area contributed by atoms with Crippen molar-refractivity contribution in [2.45, 2.75) is 0 Å². The Labute approximate surface area is 116 Å². The number of nitrogens with zero attached hydrogens (tertiary/aromatic N) is 2. The number of carbonyl (C=O) groups is 2. The molecule has 1 aliphatic heterocycles. The molecule has 0 N–H and O–H groups in total. The smallest absolute Gasteiger partial charge is 0.340 e. The summed E-state index contributed by atoms with van der Waals surface area (Å²) in [6.45, 7) is 0.776. The number of hydrogen-bond acceptors (Lipinski definition) is 4. The third kappa shape index (κ3) is 1.97. The van der Waals surface area contributed by atoms with E-state index in [1.807, 2.05) is 40.1 Å². The van der Waals surface area contributed by atoms with Crippen LogP contribution in [0.2, 0.25) is 0 Å². The monoisotopic (exact) mass is 270 g/mol. The highest BCUT2D eigenvalue weighted by atomic mass is 16.5. The van der Waals surface area contributed by atoms with Gasteiger partial charge in [0.1, 0.15) is 0 Å². The van der Waals surface area contributed by atoms with Crippen LogP contribution in [0.5, 0.6) is 0 Å². The van der Waals surface area contributed by atoms with Crippen LogP contribution in [-0.4, -0.2) is 36.5 Å². The Hall–Kier alpha value is -2.56. The standard InChI is InChI=1S/C15H14N2O3/c1-20-15(19)12-5-4-6-13(17-9-11(18)10-17)14(12)16-7-2-3-8-16/h2-8H,9-10H2,1H3. The fourth-order valence-electron chi connectivity index (χ4n) is 2.37. The lowest BCUT2D eigenvalue weighted by Crippen LogP contribution is -2.47. The van der Waals surface area contributed by atoms with Crippen molar-refractivity contribution in [1.82, 2.24) is 4.57 Å². The maximum absolute atomic E-state index is 12.0. The minimum atomic E-state index is -0.387. The average molecular weight is 270 g/mol. The molecule has 0 aliphatic carbocycles. The lowest BCUT2D eigenvalue weighted by Gasteiger charge is -2.33. The number of rotatable bonds is 3. The zero-order valence-electron chi connectivity index (χ0n) is 11.1. The fraction of sp³-hybridized carbons (Fsp3) is 0.200. The molecule has 0 unspecified atom stereocenters. The molecule has 5 heteroatoms. The Balaban J connectivity index is 2.14. The Bertz CT molecular complexity index is 654. The van der Waals surface area contributed by atoms with E-state index in [-0.39, 0.29) is 11.8 Å². The van der Waals surface area contributed by atoms with Crippen molar-refractivity contribution in [1.29, 1.82) is 0 Å². The molecular weight excluding hydrogens is 256 g/mol. The molecule has 0 spiro atoms.